The predicted molar refractivity (Wildman–Crippen MR) is 129 cm³/mol. The number of anilines is 1. The van der Waals surface area contributed by atoms with E-state index in [4.69, 9.17) is 9.47 Å². The molecule has 1 aliphatic rings. The Morgan fingerprint density at radius 1 is 1.18 bits per heavy atom. The minimum Gasteiger partial charge on any atom is -0.506 e. The Kier molecular flexibility index (Phi) is 7.95. The molecule has 0 bridgehead atoms. The molecule has 0 aromatic carbocycles. The van der Waals surface area contributed by atoms with Crippen LogP contribution in [0.25, 0.3) is 11.3 Å². The highest BCUT2D eigenvalue weighted by atomic mass is 16.6. The van der Waals surface area contributed by atoms with Gasteiger partial charge in [0, 0.05) is 42.7 Å². The highest BCUT2D eigenvalue weighted by molar-refractivity contribution is 5.86. The van der Waals surface area contributed by atoms with Crippen molar-refractivity contribution in [3.8, 4) is 17.0 Å². The summed E-state index contributed by atoms with van der Waals surface area (Å²) in [4.78, 5) is 24.6. The first-order valence-electron chi connectivity index (χ1n) is 11.8. The first-order valence-corrected chi connectivity index (χ1v) is 11.8. The van der Waals surface area contributed by atoms with Gasteiger partial charge in [-0.25, -0.2) is 4.79 Å². The smallest absolute Gasteiger partial charge is 0.340 e. The Morgan fingerprint density at radius 2 is 1.88 bits per heavy atom. The van der Waals surface area contributed by atoms with Gasteiger partial charge in [0.1, 0.15) is 5.75 Å². The van der Waals surface area contributed by atoms with Crippen LogP contribution in [0.4, 0.5) is 5.69 Å². The number of ether oxygens (including phenoxy) is 2. The van der Waals surface area contributed by atoms with Gasteiger partial charge in [0.15, 0.2) is 6.10 Å². The molecule has 1 saturated heterocycles. The number of aromatic nitrogens is 2. The fraction of sp³-hybridized carbons (Fsp3) is 0.577. The number of piperidine rings is 1. The van der Waals surface area contributed by atoms with E-state index in [9.17, 15) is 9.90 Å². The van der Waals surface area contributed by atoms with Crippen LogP contribution in [-0.4, -0.2) is 46.8 Å². The predicted octanol–water partition coefficient (Wildman–Crippen LogP) is 5.20. The number of carbonyl (C=O) groups is 1. The lowest BCUT2D eigenvalue weighted by Gasteiger charge is -2.40. The molecule has 3 heterocycles. The minimum atomic E-state index is -0.873. The zero-order valence-electron chi connectivity index (χ0n) is 20.7. The number of pyridine rings is 2. The highest BCUT2D eigenvalue weighted by Crippen LogP contribution is 2.42. The Labute approximate surface area is 197 Å². The molecule has 1 aliphatic heterocycles. The van der Waals surface area contributed by atoms with Gasteiger partial charge in [-0.3, -0.25) is 9.97 Å². The lowest BCUT2D eigenvalue weighted by molar-refractivity contribution is -0.161. The molecule has 0 radical (unpaired) electrons. The third-order valence-corrected chi connectivity index (χ3v) is 6.06. The lowest BCUT2D eigenvalue weighted by Crippen LogP contribution is -2.39. The number of nitrogens with zero attached hydrogens (tertiary/aromatic N) is 3. The van der Waals surface area contributed by atoms with Gasteiger partial charge >= 0.3 is 5.97 Å². The fourth-order valence-corrected chi connectivity index (χ4v) is 4.13. The van der Waals surface area contributed by atoms with Gasteiger partial charge in [-0.15, -0.1) is 0 Å². The van der Waals surface area contributed by atoms with E-state index in [0.29, 0.717) is 12.3 Å². The standard InChI is InChI=1S/C26H37N3O4/c1-7-14-32-24(25(31)33-17(2)3)22-18(4)27-16-20(21-9-8-19(30)15-28-21)23(22)29-12-10-26(5,6)11-13-29/h8-9,15-17,24,30H,7,10-14H2,1-6H3/t24-/m0/s1. The maximum absolute atomic E-state index is 13.2. The van der Waals surface area contributed by atoms with Crippen LogP contribution < -0.4 is 4.90 Å². The van der Waals surface area contributed by atoms with E-state index < -0.39 is 12.1 Å². The SMILES string of the molecule is CCCO[C@H](C(=O)OC(C)C)c1c(C)ncc(-c2ccc(O)cn2)c1N1CCC(C)(C)CC1. The zero-order chi connectivity index (χ0) is 24.2. The fourth-order valence-electron chi connectivity index (χ4n) is 4.13. The Bertz CT molecular complexity index is 947. The second kappa shape index (κ2) is 10.5. The van der Waals surface area contributed by atoms with Crippen LogP contribution in [0.1, 0.15) is 71.2 Å². The van der Waals surface area contributed by atoms with E-state index in [-0.39, 0.29) is 17.3 Å². The molecular weight excluding hydrogens is 418 g/mol. The largest absolute Gasteiger partial charge is 0.506 e. The number of hydrogen-bond donors (Lipinski definition) is 1. The van der Waals surface area contributed by atoms with E-state index in [1.165, 1.54) is 6.20 Å². The molecule has 7 nitrogen and oxygen atoms in total. The molecule has 7 heteroatoms. The van der Waals surface area contributed by atoms with Crippen molar-refractivity contribution >= 4 is 11.7 Å². The molecule has 2 aromatic rings. The van der Waals surface area contributed by atoms with Crippen molar-refractivity contribution < 1.29 is 19.4 Å². The summed E-state index contributed by atoms with van der Waals surface area (Å²) in [5.74, 6) is -0.303. The summed E-state index contributed by atoms with van der Waals surface area (Å²) in [6.07, 6.45) is 4.96. The van der Waals surface area contributed by atoms with Crippen molar-refractivity contribution in [2.75, 3.05) is 24.6 Å². The van der Waals surface area contributed by atoms with Crippen LogP contribution in [0.2, 0.25) is 0 Å². The number of aromatic hydroxyl groups is 1. The summed E-state index contributed by atoms with van der Waals surface area (Å²) in [6, 6.07) is 3.39. The average molecular weight is 456 g/mol. The van der Waals surface area contributed by atoms with Crippen molar-refractivity contribution in [1.29, 1.82) is 0 Å². The third kappa shape index (κ3) is 6.02. The van der Waals surface area contributed by atoms with Crippen LogP contribution in [0.15, 0.2) is 24.5 Å². The average Bonchev–Trinajstić information content (AvgIpc) is 2.75. The molecule has 1 fully saturated rings. The Balaban J connectivity index is 2.19. The first-order chi connectivity index (χ1) is 15.6. The molecule has 33 heavy (non-hydrogen) atoms. The van der Waals surface area contributed by atoms with Crippen molar-refractivity contribution in [1.82, 2.24) is 9.97 Å². The molecule has 0 amide bonds. The summed E-state index contributed by atoms with van der Waals surface area (Å²) in [5.41, 5.74) is 4.16. The third-order valence-electron chi connectivity index (χ3n) is 6.06. The number of esters is 1. The number of rotatable bonds is 8. The van der Waals surface area contributed by atoms with E-state index in [1.54, 1.807) is 18.3 Å². The molecule has 1 atom stereocenters. The van der Waals surface area contributed by atoms with Crippen molar-refractivity contribution in [3.63, 3.8) is 0 Å². The summed E-state index contributed by atoms with van der Waals surface area (Å²) in [6.45, 7) is 14.3. The summed E-state index contributed by atoms with van der Waals surface area (Å²) >= 11 is 0. The molecule has 0 saturated carbocycles. The van der Waals surface area contributed by atoms with Crippen LogP contribution in [0, 0.1) is 12.3 Å². The van der Waals surface area contributed by atoms with Crippen LogP contribution in [0.5, 0.6) is 5.75 Å². The van der Waals surface area contributed by atoms with Crippen LogP contribution in [-0.2, 0) is 14.3 Å². The maximum Gasteiger partial charge on any atom is 0.340 e. The summed E-state index contributed by atoms with van der Waals surface area (Å²) in [7, 11) is 0. The van der Waals surface area contributed by atoms with Gasteiger partial charge in [-0.2, -0.15) is 0 Å². The minimum absolute atomic E-state index is 0.102. The quantitative estimate of drug-likeness (QED) is 0.547. The molecule has 0 aliphatic carbocycles. The van der Waals surface area contributed by atoms with Crippen molar-refractivity contribution in [2.24, 2.45) is 5.41 Å². The number of hydrogen-bond acceptors (Lipinski definition) is 7. The van der Waals surface area contributed by atoms with E-state index in [1.807, 2.05) is 27.7 Å². The number of aryl methyl sites for hydroxylation is 1. The lowest BCUT2D eigenvalue weighted by atomic mass is 9.82. The van der Waals surface area contributed by atoms with Gasteiger partial charge in [0.05, 0.1) is 23.7 Å². The van der Waals surface area contributed by atoms with Crippen LogP contribution in [0.3, 0.4) is 0 Å². The molecule has 1 N–H and O–H groups in total. The van der Waals surface area contributed by atoms with E-state index in [0.717, 1.165) is 54.9 Å². The first kappa shape index (κ1) is 25.0. The van der Waals surface area contributed by atoms with Gasteiger partial charge < -0.3 is 19.5 Å². The maximum atomic E-state index is 13.2. The van der Waals surface area contributed by atoms with Gasteiger partial charge in [0.2, 0.25) is 0 Å². The van der Waals surface area contributed by atoms with Gasteiger partial charge in [0.25, 0.3) is 0 Å². The molecule has 2 aromatic heterocycles. The zero-order valence-corrected chi connectivity index (χ0v) is 20.7. The second-order valence-electron chi connectivity index (χ2n) is 9.81. The van der Waals surface area contributed by atoms with Crippen molar-refractivity contribution in [3.05, 3.63) is 35.8 Å². The molecule has 0 spiro atoms. The monoisotopic (exact) mass is 455 g/mol. The molecular formula is C26H37N3O4. The van der Waals surface area contributed by atoms with Crippen molar-refractivity contribution in [2.45, 2.75) is 73.0 Å². The normalized spacial score (nSPS) is 16.6. The Hall–Kier alpha value is -2.67. The topological polar surface area (TPSA) is 84.8 Å². The highest BCUT2D eigenvalue weighted by Gasteiger charge is 2.35. The molecule has 0 unspecified atom stereocenters. The number of carbonyl (C=O) groups excluding carboxylic acids is 1. The van der Waals surface area contributed by atoms with Crippen LogP contribution >= 0.6 is 0 Å². The molecule has 3 rings (SSSR count). The van der Waals surface area contributed by atoms with E-state index >= 15 is 0 Å². The van der Waals surface area contributed by atoms with E-state index in [2.05, 4.69) is 28.7 Å². The summed E-state index contributed by atoms with van der Waals surface area (Å²) in [5, 5.41) is 9.75. The summed E-state index contributed by atoms with van der Waals surface area (Å²) < 4.78 is 11.7. The van der Waals surface area contributed by atoms with Gasteiger partial charge in [-0.05, 0) is 57.6 Å². The second-order valence-corrected chi connectivity index (χ2v) is 9.81. The van der Waals surface area contributed by atoms with Gasteiger partial charge in [-0.1, -0.05) is 20.8 Å². The molecule has 180 valence electrons. The Morgan fingerprint density at radius 3 is 2.45 bits per heavy atom.